The molecule has 1 aromatic heterocycles. The standard InChI is InChI=1S/C12H24N4/c1-3-5-6-11(15-13)10-12-14-7-9-16(12)8-4-2/h7,9,11,15H,3-6,8,10,13H2,1-2H3. The molecule has 0 bridgehead atoms. The maximum atomic E-state index is 5.57. The molecule has 0 spiro atoms. The molecule has 0 aliphatic carbocycles. The minimum absolute atomic E-state index is 0.345. The van der Waals surface area contributed by atoms with Crippen molar-refractivity contribution in [2.75, 3.05) is 0 Å². The summed E-state index contributed by atoms with van der Waals surface area (Å²) in [7, 11) is 0. The minimum atomic E-state index is 0.345. The lowest BCUT2D eigenvalue weighted by Gasteiger charge is -2.15. The van der Waals surface area contributed by atoms with E-state index >= 15 is 0 Å². The number of nitrogens with two attached hydrogens (primary N) is 1. The molecule has 0 fully saturated rings. The molecule has 0 saturated carbocycles. The highest BCUT2D eigenvalue weighted by atomic mass is 15.2. The molecule has 1 rings (SSSR count). The van der Waals surface area contributed by atoms with Gasteiger partial charge in [-0.15, -0.1) is 0 Å². The minimum Gasteiger partial charge on any atom is -0.335 e. The highest BCUT2D eigenvalue weighted by Crippen LogP contribution is 2.08. The number of hydrazine groups is 1. The average Bonchev–Trinajstić information content (AvgIpc) is 2.72. The summed E-state index contributed by atoms with van der Waals surface area (Å²) in [5.41, 5.74) is 2.89. The number of hydrogen-bond acceptors (Lipinski definition) is 3. The average molecular weight is 224 g/mol. The van der Waals surface area contributed by atoms with Gasteiger partial charge in [0.05, 0.1) is 0 Å². The summed E-state index contributed by atoms with van der Waals surface area (Å²) in [5, 5.41) is 0. The Balaban J connectivity index is 2.51. The number of nitrogens with zero attached hydrogens (tertiary/aromatic N) is 2. The fourth-order valence-corrected chi connectivity index (χ4v) is 1.89. The van der Waals surface area contributed by atoms with E-state index in [1.807, 2.05) is 12.4 Å². The van der Waals surface area contributed by atoms with Crippen LogP contribution in [0, 0.1) is 0 Å². The number of nitrogens with one attached hydrogen (secondary N) is 1. The summed E-state index contributed by atoms with van der Waals surface area (Å²) >= 11 is 0. The summed E-state index contributed by atoms with van der Waals surface area (Å²) < 4.78 is 2.22. The highest BCUT2D eigenvalue weighted by molar-refractivity contribution is 4.95. The normalized spacial score (nSPS) is 12.9. The van der Waals surface area contributed by atoms with Crippen LogP contribution < -0.4 is 11.3 Å². The van der Waals surface area contributed by atoms with Gasteiger partial charge in [-0.3, -0.25) is 11.3 Å². The van der Waals surface area contributed by atoms with Gasteiger partial charge in [0.2, 0.25) is 0 Å². The van der Waals surface area contributed by atoms with Gasteiger partial charge in [-0.1, -0.05) is 26.7 Å². The Bertz CT molecular complexity index is 282. The third-order valence-corrected chi connectivity index (χ3v) is 2.84. The van der Waals surface area contributed by atoms with Gasteiger partial charge >= 0.3 is 0 Å². The first-order valence-electron chi connectivity index (χ1n) is 6.27. The van der Waals surface area contributed by atoms with E-state index in [9.17, 15) is 0 Å². The molecule has 0 aliphatic rings. The Morgan fingerprint density at radius 1 is 1.44 bits per heavy atom. The van der Waals surface area contributed by atoms with Gasteiger partial charge in [0.15, 0.2) is 0 Å². The number of imidazole rings is 1. The van der Waals surface area contributed by atoms with Crippen molar-refractivity contribution in [1.29, 1.82) is 0 Å². The predicted molar refractivity (Wildman–Crippen MR) is 66.9 cm³/mol. The molecular formula is C12H24N4. The summed E-state index contributed by atoms with van der Waals surface area (Å²) in [6, 6.07) is 0.345. The summed E-state index contributed by atoms with van der Waals surface area (Å²) in [6.45, 7) is 5.42. The van der Waals surface area contributed by atoms with Crippen molar-refractivity contribution in [2.24, 2.45) is 5.84 Å². The lowest BCUT2D eigenvalue weighted by molar-refractivity contribution is 0.455. The van der Waals surface area contributed by atoms with Crippen LogP contribution in [0.1, 0.15) is 45.4 Å². The van der Waals surface area contributed by atoms with Crippen molar-refractivity contribution in [3.05, 3.63) is 18.2 Å². The van der Waals surface area contributed by atoms with E-state index in [-0.39, 0.29) is 0 Å². The van der Waals surface area contributed by atoms with Crippen LogP contribution in [0.15, 0.2) is 12.4 Å². The summed E-state index contributed by atoms with van der Waals surface area (Å²) in [4.78, 5) is 4.40. The topological polar surface area (TPSA) is 55.9 Å². The predicted octanol–water partition coefficient (Wildman–Crippen LogP) is 1.86. The molecule has 1 aromatic rings. The molecule has 0 aliphatic heterocycles. The van der Waals surface area contributed by atoms with Crippen LogP contribution in [0.2, 0.25) is 0 Å². The quantitative estimate of drug-likeness (QED) is 0.523. The fourth-order valence-electron chi connectivity index (χ4n) is 1.89. The van der Waals surface area contributed by atoms with Gasteiger partial charge in [-0.05, 0) is 12.8 Å². The third kappa shape index (κ3) is 3.94. The molecule has 0 saturated heterocycles. The molecule has 0 amide bonds. The van der Waals surface area contributed by atoms with Gasteiger partial charge in [0.1, 0.15) is 5.82 Å². The maximum Gasteiger partial charge on any atom is 0.110 e. The molecule has 1 atom stereocenters. The van der Waals surface area contributed by atoms with Crippen LogP contribution in [-0.2, 0) is 13.0 Å². The van der Waals surface area contributed by atoms with E-state index in [0.717, 1.165) is 31.6 Å². The third-order valence-electron chi connectivity index (χ3n) is 2.84. The van der Waals surface area contributed by atoms with Crippen LogP contribution in [-0.4, -0.2) is 15.6 Å². The molecule has 4 heteroatoms. The van der Waals surface area contributed by atoms with Crippen molar-refractivity contribution >= 4 is 0 Å². The zero-order valence-corrected chi connectivity index (χ0v) is 10.4. The Morgan fingerprint density at radius 2 is 2.25 bits per heavy atom. The number of unbranched alkanes of at least 4 members (excludes halogenated alkanes) is 1. The monoisotopic (exact) mass is 224 g/mol. The summed E-state index contributed by atoms with van der Waals surface area (Å²) in [6.07, 6.45) is 9.52. The second-order valence-corrected chi connectivity index (χ2v) is 4.25. The van der Waals surface area contributed by atoms with Gasteiger partial charge < -0.3 is 4.57 Å². The van der Waals surface area contributed by atoms with E-state index in [1.54, 1.807) is 0 Å². The smallest absolute Gasteiger partial charge is 0.110 e. The zero-order chi connectivity index (χ0) is 11.8. The van der Waals surface area contributed by atoms with E-state index in [4.69, 9.17) is 5.84 Å². The van der Waals surface area contributed by atoms with E-state index in [2.05, 4.69) is 28.8 Å². The molecule has 1 heterocycles. The highest BCUT2D eigenvalue weighted by Gasteiger charge is 2.10. The Hall–Kier alpha value is -0.870. The largest absolute Gasteiger partial charge is 0.335 e. The fraction of sp³-hybridized carbons (Fsp3) is 0.750. The van der Waals surface area contributed by atoms with Gasteiger partial charge in [0.25, 0.3) is 0 Å². The number of rotatable bonds is 8. The van der Waals surface area contributed by atoms with Gasteiger partial charge in [-0.25, -0.2) is 4.98 Å². The SMILES string of the molecule is CCCCC(Cc1nccn1CCC)NN. The van der Waals surface area contributed by atoms with Crippen LogP contribution in [0.4, 0.5) is 0 Å². The van der Waals surface area contributed by atoms with Crippen molar-refractivity contribution in [2.45, 2.75) is 58.5 Å². The first-order valence-corrected chi connectivity index (χ1v) is 6.27. The molecule has 0 radical (unpaired) electrons. The van der Waals surface area contributed by atoms with Crippen molar-refractivity contribution in [1.82, 2.24) is 15.0 Å². The second kappa shape index (κ2) is 7.41. The lowest BCUT2D eigenvalue weighted by Crippen LogP contribution is -2.37. The van der Waals surface area contributed by atoms with Gasteiger partial charge in [0, 0.05) is 31.4 Å². The lowest BCUT2D eigenvalue weighted by atomic mass is 10.1. The van der Waals surface area contributed by atoms with Gasteiger partial charge in [-0.2, -0.15) is 0 Å². The van der Waals surface area contributed by atoms with Crippen LogP contribution in [0.3, 0.4) is 0 Å². The second-order valence-electron chi connectivity index (χ2n) is 4.25. The first kappa shape index (κ1) is 13.2. The number of aromatic nitrogens is 2. The van der Waals surface area contributed by atoms with E-state index in [1.165, 1.54) is 12.8 Å². The van der Waals surface area contributed by atoms with Crippen LogP contribution in [0.5, 0.6) is 0 Å². The molecule has 4 nitrogen and oxygen atoms in total. The first-order chi connectivity index (χ1) is 7.81. The molecule has 0 aromatic carbocycles. The van der Waals surface area contributed by atoms with Crippen molar-refractivity contribution in [3.8, 4) is 0 Å². The number of hydrogen-bond donors (Lipinski definition) is 2. The van der Waals surface area contributed by atoms with E-state index in [0.29, 0.717) is 6.04 Å². The van der Waals surface area contributed by atoms with E-state index < -0.39 is 0 Å². The molecule has 16 heavy (non-hydrogen) atoms. The molecule has 92 valence electrons. The maximum absolute atomic E-state index is 5.57. The number of aryl methyl sites for hydroxylation is 1. The van der Waals surface area contributed by atoms with Crippen molar-refractivity contribution < 1.29 is 0 Å². The van der Waals surface area contributed by atoms with Crippen LogP contribution in [0.25, 0.3) is 0 Å². The molecule has 3 N–H and O–H groups in total. The molecule has 1 unspecified atom stereocenters. The Kier molecular flexibility index (Phi) is 6.11. The Labute approximate surface area is 98.2 Å². The summed E-state index contributed by atoms with van der Waals surface area (Å²) in [5.74, 6) is 6.71. The molecular weight excluding hydrogens is 200 g/mol. The van der Waals surface area contributed by atoms with Crippen molar-refractivity contribution in [3.63, 3.8) is 0 Å². The zero-order valence-electron chi connectivity index (χ0n) is 10.4. The van der Waals surface area contributed by atoms with Crippen LogP contribution >= 0.6 is 0 Å². The Morgan fingerprint density at radius 3 is 2.88 bits per heavy atom.